The van der Waals surface area contributed by atoms with Crippen molar-refractivity contribution in [3.63, 3.8) is 0 Å². The van der Waals surface area contributed by atoms with Crippen LogP contribution < -0.4 is 10.1 Å². The van der Waals surface area contributed by atoms with E-state index in [1.165, 1.54) is 12.8 Å². The highest BCUT2D eigenvalue weighted by Crippen LogP contribution is 2.51. The molecule has 2 heterocycles. The lowest BCUT2D eigenvalue weighted by Gasteiger charge is -2.18. The largest absolute Gasteiger partial charge is 0.477 e. The molecule has 0 radical (unpaired) electrons. The normalized spacial score (nSPS) is 15.6. The summed E-state index contributed by atoms with van der Waals surface area (Å²) in [7, 11) is 0. The third-order valence-corrected chi connectivity index (χ3v) is 7.32. The van der Waals surface area contributed by atoms with Crippen molar-refractivity contribution in [3.05, 3.63) is 78.0 Å². The van der Waals surface area contributed by atoms with Gasteiger partial charge in [-0.15, -0.1) is 0 Å². The molecule has 38 heavy (non-hydrogen) atoms. The molecule has 2 aromatic carbocycles. The van der Waals surface area contributed by atoms with Crippen LogP contribution in [0.2, 0.25) is 0 Å². The number of carbonyl (C=O) groups excluding carboxylic acids is 1. The molecule has 2 saturated carbocycles. The summed E-state index contributed by atoms with van der Waals surface area (Å²) in [5.41, 5.74) is 4.66. The number of aromatic nitrogens is 2. The summed E-state index contributed by atoms with van der Waals surface area (Å²) >= 11 is 0. The maximum Gasteiger partial charge on any atom is 0.316 e. The van der Waals surface area contributed by atoms with Crippen LogP contribution >= 0.6 is 0 Å². The van der Waals surface area contributed by atoms with E-state index in [4.69, 9.17) is 14.0 Å². The third-order valence-electron chi connectivity index (χ3n) is 7.32. The van der Waals surface area contributed by atoms with Gasteiger partial charge in [-0.3, -0.25) is 4.79 Å². The molecule has 0 atom stereocenters. The van der Waals surface area contributed by atoms with Crippen LogP contribution in [0.15, 0.2) is 71.3 Å². The standard InChI is InChI=1S/C31H31N3O4/c1-3-36-30(35)31(16-17-31)23-14-15-24(22-8-5-4-6-9-22)25(18-23)29-28(20(2)34-38-29)33-26-10-7-11-27(32-26)37-19-21-12-13-21/h4-11,14-15,18,21H,3,12-13,16-17,19H2,1-2H3,(H,32,33). The molecule has 1 N–H and O–H groups in total. The first-order valence-corrected chi connectivity index (χ1v) is 13.3. The molecule has 4 aromatic rings. The van der Waals surface area contributed by atoms with Crippen molar-refractivity contribution < 1.29 is 18.8 Å². The molecule has 7 nitrogen and oxygen atoms in total. The van der Waals surface area contributed by atoms with Crippen molar-refractivity contribution >= 4 is 17.5 Å². The van der Waals surface area contributed by atoms with E-state index in [1.54, 1.807) is 0 Å². The second kappa shape index (κ2) is 9.97. The number of benzene rings is 2. The second-order valence-corrected chi connectivity index (χ2v) is 10.1. The minimum Gasteiger partial charge on any atom is -0.477 e. The highest BCUT2D eigenvalue weighted by Gasteiger charge is 2.53. The highest BCUT2D eigenvalue weighted by atomic mass is 16.5. The van der Waals surface area contributed by atoms with Gasteiger partial charge in [0.25, 0.3) is 0 Å². The number of esters is 1. The second-order valence-electron chi connectivity index (χ2n) is 10.1. The number of rotatable bonds is 10. The molecule has 0 spiro atoms. The van der Waals surface area contributed by atoms with Gasteiger partial charge in [-0.25, -0.2) is 0 Å². The van der Waals surface area contributed by atoms with Gasteiger partial charge < -0.3 is 19.3 Å². The van der Waals surface area contributed by atoms with Crippen LogP contribution in [0.25, 0.3) is 22.5 Å². The summed E-state index contributed by atoms with van der Waals surface area (Å²) in [6, 6.07) is 22.0. The summed E-state index contributed by atoms with van der Waals surface area (Å²) in [5, 5.41) is 7.72. The molecule has 2 aliphatic carbocycles. The molecule has 0 bridgehead atoms. The lowest BCUT2D eigenvalue weighted by atomic mass is 9.89. The third kappa shape index (κ3) is 4.76. The highest BCUT2D eigenvalue weighted by molar-refractivity contribution is 5.91. The van der Waals surface area contributed by atoms with Gasteiger partial charge in [-0.05, 0) is 74.3 Å². The molecule has 0 saturated heterocycles. The average Bonchev–Trinajstić information content (AvgIpc) is 3.88. The smallest absolute Gasteiger partial charge is 0.316 e. The van der Waals surface area contributed by atoms with Crippen LogP contribution in [-0.4, -0.2) is 29.3 Å². The Hall–Kier alpha value is -4.13. The van der Waals surface area contributed by atoms with Crippen LogP contribution in [0, 0.1) is 12.8 Å². The Balaban J connectivity index is 1.40. The lowest BCUT2D eigenvalue weighted by molar-refractivity contribution is -0.146. The Bertz CT molecular complexity index is 1460. The van der Waals surface area contributed by atoms with Crippen molar-refractivity contribution in [2.24, 2.45) is 5.92 Å². The number of anilines is 2. The molecule has 7 heteroatoms. The van der Waals surface area contributed by atoms with Crippen molar-refractivity contribution in [2.45, 2.75) is 44.9 Å². The van der Waals surface area contributed by atoms with Gasteiger partial charge in [0.1, 0.15) is 17.2 Å². The Labute approximate surface area is 222 Å². The number of aryl methyl sites for hydroxylation is 1. The van der Waals surface area contributed by atoms with Crippen molar-refractivity contribution in [1.82, 2.24) is 10.1 Å². The van der Waals surface area contributed by atoms with E-state index in [0.29, 0.717) is 42.3 Å². The van der Waals surface area contributed by atoms with Gasteiger partial charge in [0.05, 0.1) is 18.6 Å². The van der Waals surface area contributed by atoms with Crippen molar-refractivity contribution in [2.75, 3.05) is 18.5 Å². The first-order chi connectivity index (χ1) is 18.6. The molecule has 0 amide bonds. The number of nitrogens with zero attached hydrogens (tertiary/aromatic N) is 2. The van der Waals surface area contributed by atoms with Gasteiger partial charge in [-0.2, -0.15) is 4.98 Å². The topological polar surface area (TPSA) is 86.5 Å². The van der Waals surface area contributed by atoms with E-state index in [1.807, 2.05) is 56.3 Å². The van der Waals surface area contributed by atoms with Crippen LogP contribution in [0.1, 0.15) is 43.9 Å². The Morgan fingerprint density at radius 2 is 1.87 bits per heavy atom. The molecule has 0 aliphatic heterocycles. The number of pyridine rings is 1. The van der Waals surface area contributed by atoms with Gasteiger partial charge >= 0.3 is 5.97 Å². The maximum atomic E-state index is 12.9. The molecule has 0 unspecified atom stereocenters. The SMILES string of the molecule is CCOC(=O)C1(c2ccc(-c3ccccc3)c(-c3onc(C)c3Nc3cccc(OCC4CC4)n3)c2)CC1. The number of hydrogen-bond donors (Lipinski definition) is 1. The fourth-order valence-corrected chi connectivity index (χ4v) is 4.79. The molecule has 194 valence electrons. The van der Waals surface area contributed by atoms with Crippen LogP contribution in [0.3, 0.4) is 0 Å². The molecule has 2 aliphatic rings. The molecular formula is C31H31N3O4. The summed E-state index contributed by atoms with van der Waals surface area (Å²) in [5.74, 6) is 2.31. The predicted octanol–water partition coefficient (Wildman–Crippen LogP) is 6.84. The monoisotopic (exact) mass is 509 g/mol. The van der Waals surface area contributed by atoms with E-state index < -0.39 is 5.41 Å². The number of carbonyl (C=O) groups is 1. The Morgan fingerprint density at radius 3 is 2.61 bits per heavy atom. The van der Waals surface area contributed by atoms with E-state index in [-0.39, 0.29) is 5.97 Å². The lowest BCUT2D eigenvalue weighted by Crippen LogP contribution is -2.23. The van der Waals surface area contributed by atoms with E-state index in [9.17, 15) is 4.79 Å². The minimum absolute atomic E-state index is 0.169. The first-order valence-electron chi connectivity index (χ1n) is 13.3. The number of nitrogens with one attached hydrogen (secondary N) is 1. The van der Waals surface area contributed by atoms with Crippen LogP contribution in [0.5, 0.6) is 5.88 Å². The molecular weight excluding hydrogens is 478 g/mol. The number of ether oxygens (including phenoxy) is 2. The zero-order chi connectivity index (χ0) is 26.1. The quantitative estimate of drug-likeness (QED) is 0.234. The van der Waals surface area contributed by atoms with Gasteiger partial charge in [-0.1, -0.05) is 53.7 Å². The van der Waals surface area contributed by atoms with Gasteiger partial charge in [0.15, 0.2) is 5.76 Å². The Kier molecular flexibility index (Phi) is 6.35. The fourth-order valence-electron chi connectivity index (χ4n) is 4.79. The molecule has 2 fully saturated rings. The van der Waals surface area contributed by atoms with Gasteiger partial charge in [0, 0.05) is 11.6 Å². The van der Waals surface area contributed by atoms with Crippen LogP contribution in [0.4, 0.5) is 11.5 Å². The van der Waals surface area contributed by atoms with Crippen LogP contribution in [-0.2, 0) is 14.9 Å². The predicted molar refractivity (Wildman–Crippen MR) is 145 cm³/mol. The Morgan fingerprint density at radius 1 is 1.05 bits per heavy atom. The van der Waals surface area contributed by atoms with Crippen molar-refractivity contribution in [3.8, 4) is 28.3 Å². The van der Waals surface area contributed by atoms with Crippen molar-refractivity contribution in [1.29, 1.82) is 0 Å². The summed E-state index contributed by atoms with van der Waals surface area (Å²) in [6.45, 7) is 4.80. The molecule has 6 rings (SSSR count). The maximum absolute atomic E-state index is 12.9. The summed E-state index contributed by atoms with van der Waals surface area (Å²) < 4.78 is 17.3. The van der Waals surface area contributed by atoms with E-state index in [0.717, 1.165) is 40.8 Å². The summed E-state index contributed by atoms with van der Waals surface area (Å²) in [4.78, 5) is 17.5. The van der Waals surface area contributed by atoms with Gasteiger partial charge in [0.2, 0.25) is 5.88 Å². The summed E-state index contributed by atoms with van der Waals surface area (Å²) in [6.07, 6.45) is 3.99. The van der Waals surface area contributed by atoms with E-state index in [2.05, 4.69) is 39.7 Å². The molecule has 2 aromatic heterocycles. The average molecular weight is 510 g/mol. The number of hydrogen-bond acceptors (Lipinski definition) is 7. The minimum atomic E-state index is -0.600. The zero-order valence-electron chi connectivity index (χ0n) is 21.7. The first kappa shape index (κ1) is 24.2. The fraction of sp³-hybridized carbons (Fsp3) is 0.323. The van der Waals surface area contributed by atoms with E-state index >= 15 is 0 Å². The zero-order valence-corrected chi connectivity index (χ0v) is 21.7.